The molecule has 3 atom stereocenters. The molecule has 0 spiro atoms. The molecular weight excluding hydrogens is 960 g/mol. The lowest BCUT2D eigenvalue weighted by Gasteiger charge is -2.41. The molecule has 8 heterocycles. The summed E-state index contributed by atoms with van der Waals surface area (Å²) in [5, 5.41) is 3.60. The molecule has 5 aliphatic heterocycles. The van der Waals surface area contributed by atoms with E-state index in [1.165, 1.54) is 14.6 Å². The summed E-state index contributed by atoms with van der Waals surface area (Å²) in [6.07, 6.45) is 26.5. The molecule has 7 nitrogen and oxygen atoms in total. The summed E-state index contributed by atoms with van der Waals surface area (Å²) in [5.41, 5.74) is 15.7. The van der Waals surface area contributed by atoms with Gasteiger partial charge in [-0.15, -0.1) is 0 Å². The molecule has 3 aromatic heterocycles. The van der Waals surface area contributed by atoms with Crippen LogP contribution < -0.4 is 25.7 Å². The minimum atomic E-state index is -0.206. The van der Waals surface area contributed by atoms with Crippen molar-refractivity contribution in [3.05, 3.63) is 239 Å². The lowest BCUT2D eigenvalue weighted by molar-refractivity contribution is 0.301. The predicted octanol–water partition coefficient (Wildman–Crippen LogP) is 12.0. The summed E-state index contributed by atoms with van der Waals surface area (Å²) >= 11 is -0.206. The smallest absolute Gasteiger partial charge is 0.260 e. The zero-order valence-electron chi connectivity index (χ0n) is 37.4. The summed E-state index contributed by atoms with van der Waals surface area (Å²) in [5.74, 6) is 3.57. The number of dihydropyridines is 2. The van der Waals surface area contributed by atoms with Crippen LogP contribution in [0, 0.1) is 11.8 Å². The molecule has 1 N–H and O–H groups in total. The van der Waals surface area contributed by atoms with Gasteiger partial charge in [0, 0.05) is 63.3 Å². The van der Waals surface area contributed by atoms with E-state index in [1.807, 2.05) is 48.8 Å². The zero-order chi connectivity index (χ0) is 45.7. The Bertz CT molecular complexity index is 3470. The normalized spacial score (nSPS) is 19.5. The Morgan fingerprint density at radius 2 is 1.45 bits per heavy atom. The second-order valence-corrected chi connectivity index (χ2v) is 20.4. The highest BCUT2D eigenvalue weighted by Gasteiger charge is 2.46. The molecule has 1 aliphatic carbocycles. The van der Waals surface area contributed by atoms with Gasteiger partial charge in [0.1, 0.15) is 23.0 Å². The van der Waals surface area contributed by atoms with Crippen molar-refractivity contribution in [2.45, 2.75) is 12.5 Å². The van der Waals surface area contributed by atoms with E-state index in [-0.39, 0.29) is 45.3 Å². The van der Waals surface area contributed by atoms with Crippen LogP contribution in [0.5, 0.6) is 17.2 Å². The van der Waals surface area contributed by atoms with Crippen molar-refractivity contribution in [3.8, 4) is 50.9 Å². The van der Waals surface area contributed by atoms with Gasteiger partial charge < -0.3 is 14.8 Å². The molecule has 0 saturated carbocycles. The number of pyridine rings is 3. The first-order valence-electron chi connectivity index (χ1n) is 23.5. The SMILES string of the molecule is C1=CI=C(C2=NCC(C3CC(c4ccccc4)=CC4=C3Oc3cc(C5=CNC(c6ccccn6)C=C5)cc5c3B4c3cc(-c4ccccc4)cc(-c4ccc(-c6ccccn6)nc4)c3O5)C=C2)C=C1. The van der Waals surface area contributed by atoms with E-state index >= 15 is 0 Å². The number of halogens is 1. The van der Waals surface area contributed by atoms with Gasteiger partial charge in [0.2, 0.25) is 0 Å². The fourth-order valence-electron chi connectivity index (χ4n) is 10.4. The minimum Gasteiger partial charge on any atom is -0.462 e. The summed E-state index contributed by atoms with van der Waals surface area (Å²) in [7, 11) is 0. The van der Waals surface area contributed by atoms with Gasteiger partial charge in [0.05, 0.1) is 28.8 Å². The van der Waals surface area contributed by atoms with Crippen molar-refractivity contribution in [1.29, 1.82) is 0 Å². The van der Waals surface area contributed by atoms with Crippen LogP contribution in [0.2, 0.25) is 0 Å². The topological polar surface area (TPSA) is 81.5 Å². The van der Waals surface area contributed by atoms with Gasteiger partial charge in [0.15, 0.2) is 0 Å². The van der Waals surface area contributed by atoms with Gasteiger partial charge >= 0.3 is 0 Å². The van der Waals surface area contributed by atoms with Gasteiger partial charge in [-0.05, 0) is 116 Å². The number of hydrogen-bond donors (Lipinski definition) is 1. The van der Waals surface area contributed by atoms with Gasteiger partial charge in [-0.3, -0.25) is 19.9 Å². The highest BCUT2D eigenvalue weighted by atomic mass is 127. The van der Waals surface area contributed by atoms with Crippen molar-refractivity contribution in [1.82, 2.24) is 20.3 Å². The quantitative estimate of drug-likeness (QED) is 0.121. The number of ether oxygens (including phenoxy) is 2. The number of nitrogens with zero attached hydrogens (tertiary/aromatic N) is 4. The molecule has 0 radical (unpaired) electrons. The fraction of sp³-hybridized carbons (Fsp3) is 0.0833. The minimum absolute atomic E-state index is 0.0319. The third kappa shape index (κ3) is 7.76. The number of benzene rings is 4. The van der Waals surface area contributed by atoms with E-state index in [1.54, 1.807) is 6.20 Å². The zero-order valence-corrected chi connectivity index (χ0v) is 39.6. The van der Waals surface area contributed by atoms with E-state index < -0.39 is 0 Å². The molecule has 0 amide bonds. The molecule has 6 aliphatic rings. The third-order valence-corrected chi connectivity index (χ3v) is 16.1. The Labute approximate surface area is 411 Å². The third-order valence-electron chi connectivity index (χ3n) is 13.8. The maximum absolute atomic E-state index is 7.45. The first-order valence-corrected chi connectivity index (χ1v) is 25.8. The average molecular weight is 1000 g/mol. The Kier molecular flexibility index (Phi) is 10.6. The molecule has 69 heavy (non-hydrogen) atoms. The van der Waals surface area contributed by atoms with E-state index in [9.17, 15) is 0 Å². The number of hydrogen-bond acceptors (Lipinski definition) is 7. The molecule has 9 heteroatoms. The summed E-state index contributed by atoms with van der Waals surface area (Å²) in [4.78, 5) is 19.5. The molecule has 330 valence electrons. The molecule has 0 bridgehead atoms. The maximum Gasteiger partial charge on any atom is 0.260 e. The molecule has 13 rings (SSSR count). The fourth-order valence-corrected chi connectivity index (χ4v) is 12.3. The lowest BCUT2D eigenvalue weighted by Crippen LogP contribution is -2.52. The van der Waals surface area contributed by atoms with Crippen molar-refractivity contribution < 1.29 is 9.47 Å². The molecule has 0 saturated heterocycles. The lowest BCUT2D eigenvalue weighted by atomic mass is 9.33. The van der Waals surface area contributed by atoms with Crippen molar-refractivity contribution in [2.75, 3.05) is 6.54 Å². The van der Waals surface area contributed by atoms with E-state index in [2.05, 4.69) is 171 Å². The summed E-state index contributed by atoms with van der Waals surface area (Å²) < 4.78 is 18.5. The Morgan fingerprint density at radius 1 is 0.652 bits per heavy atom. The van der Waals surface area contributed by atoms with Crippen LogP contribution >= 0.6 is 20.7 Å². The summed E-state index contributed by atoms with van der Waals surface area (Å²) in [6, 6.07) is 46.6. The van der Waals surface area contributed by atoms with Crippen LogP contribution in [-0.4, -0.2) is 37.4 Å². The van der Waals surface area contributed by atoms with Gasteiger partial charge in [-0.1, -0.05) is 142 Å². The van der Waals surface area contributed by atoms with Crippen LogP contribution in [0.1, 0.15) is 29.3 Å². The molecule has 7 aromatic rings. The second kappa shape index (κ2) is 17.7. The largest absolute Gasteiger partial charge is 0.462 e. The van der Waals surface area contributed by atoms with Crippen LogP contribution in [0.4, 0.5) is 0 Å². The van der Waals surface area contributed by atoms with Crippen LogP contribution in [-0.2, 0) is 0 Å². The van der Waals surface area contributed by atoms with Crippen molar-refractivity contribution in [2.24, 2.45) is 16.8 Å². The van der Waals surface area contributed by atoms with Gasteiger partial charge in [-0.25, -0.2) is 0 Å². The average Bonchev–Trinajstić information content (AvgIpc) is 3.43. The molecule has 3 unspecified atom stereocenters. The number of nitrogens with one attached hydrogen (secondary N) is 1. The van der Waals surface area contributed by atoms with Crippen molar-refractivity contribution >= 4 is 58.7 Å². The Hall–Kier alpha value is -7.76. The monoisotopic (exact) mass is 1000 g/mol. The first-order chi connectivity index (χ1) is 34.2. The number of aromatic nitrogens is 3. The Balaban J connectivity index is 1.00. The molecular formula is C60H43BIN5O2. The number of fused-ring (bicyclic) bond motifs is 3. The number of aliphatic imine (C=N–C) groups is 1. The standard InChI is InChI=1S/C60H43BIN5O2/c1-3-13-38(14-4-1)43-29-46(41-21-23-51(65-36-41)50-17-7-10-26-62-50)59-48(31-43)61-49-32-44(39-15-5-2-6-16-39)30-47(42-22-25-55(67-37-42)53-19-9-12-28-64-53)60(49)69-57-34-45(33-56(68-59)58(57)61)40-20-24-54(66-35-40)52-18-8-11-27-63-52/h1-28,30-35,37,41,46,54,66H,29,36H2. The van der Waals surface area contributed by atoms with E-state index in [4.69, 9.17) is 19.5 Å². The highest BCUT2D eigenvalue weighted by molar-refractivity contribution is 14.2. The maximum atomic E-state index is 7.45. The summed E-state index contributed by atoms with van der Waals surface area (Å²) in [6.45, 7) is 0.492. The number of allylic oxidation sites excluding steroid dienone is 10. The van der Waals surface area contributed by atoms with Crippen molar-refractivity contribution in [3.63, 3.8) is 0 Å². The van der Waals surface area contributed by atoms with E-state index in [0.29, 0.717) is 6.54 Å². The van der Waals surface area contributed by atoms with Gasteiger partial charge in [-0.2, -0.15) is 0 Å². The van der Waals surface area contributed by atoms with Crippen LogP contribution in [0.15, 0.2) is 227 Å². The van der Waals surface area contributed by atoms with Gasteiger partial charge in [0.25, 0.3) is 6.71 Å². The highest BCUT2D eigenvalue weighted by Crippen LogP contribution is 2.48. The molecule has 4 aromatic carbocycles. The number of rotatable bonds is 8. The van der Waals surface area contributed by atoms with Crippen LogP contribution in [0.3, 0.4) is 0 Å². The predicted molar refractivity (Wildman–Crippen MR) is 290 cm³/mol. The first kappa shape index (κ1) is 41.4. The Morgan fingerprint density at radius 3 is 2.16 bits per heavy atom. The molecule has 0 fully saturated rings. The van der Waals surface area contributed by atoms with E-state index in [0.717, 1.165) is 102 Å². The van der Waals surface area contributed by atoms with Crippen LogP contribution in [0.25, 0.3) is 44.8 Å². The second-order valence-electron chi connectivity index (χ2n) is 17.9.